The van der Waals surface area contributed by atoms with Crippen molar-refractivity contribution in [2.45, 2.75) is 30.2 Å². The van der Waals surface area contributed by atoms with Crippen molar-refractivity contribution < 1.29 is 21.6 Å². The minimum absolute atomic E-state index is 0.196. The summed E-state index contributed by atoms with van der Waals surface area (Å²) in [5, 5.41) is 11.8. The summed E-state index contributed by atoms with van der Waals surface area (Å²) < 4.78 is 59.7. The first-order chi connectivity index (χ1) is 13.0. The van der Waals surface area contributed by atoms with Gasteiger partial charge in [-0.15, -0.1) is 10.2 Å². The molecule has 0 amide bonds. The number of rotatable bonds is 4. The van der Waals surface area contributed by atoms with E-state index in [0.717, 1.165) is 24.1 Å². The molecule has 10 heteroatoms. The van der Waals surface area contributed by atoms with Gasteiger partial charge in [-0.25, -0.2) is 17.2 Å². The molecule has 6 nitrogen and oxygen atoms in total. The molecule has 1 fully saturated rings. The lowest BCUT2D eigenvalue weighted by Crippen LogP contribution is -2.38. The molecule has 0 spiro atoms. The van der Waals surface area contributed by atoms with Crippen LogP contribution < -0.4 is 0 Å². The van der Waals surface area contributed by atoms with Crippen LogP contribution in [0.3, 0.4) is 0 Å². The van der Waals surface area contributed by atoms with Crippen LogP contribution in [0.25, 0.3) is 11.5 Å². The van der Waals surface area contributed by atoms with E-state index in [2.05, 4.69) is 10.2 Å². The number of thiophene rings is 1. The zero-order chi connectivity index (χ0) is 19.0. The fraction of sp³-hybridized carbons (Fsp3) is 0.294. The second kappa shape index (κ2) is 7.10. The average molecular weight is 411 g/mol. The first-order valence-corrected chi connectivity index (χ1v) is 10.7. The Morgan fingerprint density at radius 2 is 2.00 bits per heavy atom. The first-order valence-electron chi connectivity index (χ1n) is 8.29. The summed E-state index contributed by atoms with van der Waals surface area (Å²) in [6, 6.07) is 3.75. The molecule has 1 saturated heterocycles. The van der Waals surface area contributed by atoms with E-state index in [1.54, 1.807) is 0 Å². The van der Waals surface area contributed by atoms with E-state index in [1.165, 1.54) is 15.6 Å². The predicted octanol–water partition coefficient (Wildman–Crippen LogP) is 3.99. The Kier molecular flexibility index (Phi) is 4.79. The fourth-order valence-corrected chi connectivity index (χ4v) is 5.38. The molecule has 1 aliphatic rings. The maximum atomic E-state index is 13.6. The largest absolute Gasteiger partial charge is 0.419 e. The van der Waals surface area contributed by atoms with Crippen molar-refractivity contribution in [3.8, 4) is 11.5 Å². The highest BCUT2D eigenvalue weighted by Crippen LogP contribution is 2.36. The molecule has 0 saturated carbocycles. The minimum atomic E-state index is -4.04. The monoisotopic (exact) mass is 411 g/mol. The highest BCUT2D eigenvalue weighted by atomic mass is 32.2. The number of hydrogen-bond acceptors (Lipinski definition) is 6. The Hall–Kier alpha value is -2.17. The standard InChI is InChI=1S/C17H15F2N3O3S2/c18-13-5-4-12(9-14(13)19)27(23,24)22-7-2-1-3-15(22)17-21-20-16(25-17)11-6-8-26-10-11/h4-6,8-10,15H,1-3,7H2/t15-/m1/s1. The van der Waals surface area contributed by atoms with Gasteiger partial charge in [-0.3, -0.25) is 0 Å². The molecule has 1 aliphatic heterocycles. The van der Waals surface area contributed by atoms with Gasteiger partial charge in [-0.1, -0.05) is 6.42 Å². The fourth-order valence-electron chi connectivity index (χ4n) is 3.08. The summed E-state index contributed by atoms with van der Waals surface area (Å²) in [7, 11) is -4.04. The molecule has 0 bridgehead atoms. The van der Waals surface area contributed by atoms with E-state index >= 15 is 0 Å². The molecule has 27 heavy (non-hydrogen) atoms. The Balaban J connectivity index is 1.69. The van der Waals surface area contributed by atoms with Gasteiger partial charge in [-0.2, -0.15) is 15.6 Å². The van der Waals surface area contributed by atoms with Gasteiger partial charge in [0.05, 0.1) is 4.90 Å². The molecule has 142 valence electrons. The smallest absolute Gasteiger partial charge is 0.248 e. The number of sulfonamides is 1. The van der Waals surface area contributed by atoms with E-state index in [9.17, 15) is 17.2 Å². The summed E-state index contributed by atoms with van der Waals surface area (Å²) in [6.07, 6.45) is 1.96. The first kappa shape index (κ1) is 18.2. The molecule has 3 heterocycles. The average Bonchev–Trinajstić information content (AvgIpc) is 3.35. The highest BCUT2D eigenvalue weighted by molar-refractivity contribution is 7.89. The van der Waals surface area contributed by atoms with Gasteiger partial charge < -0.3 is 4.42 Å². The predicted molar refractivity (Wildman–Crippen MR) is 94.5 cm³/mol. The molecule has 0 radical (unpaired) electrons. The second-order valence-corrected chi connectivity index (χ2v) is 8.83. The summed E-state index contributed by atoms with van der Waals surface area (Å²) in [5.41, 5.74) is 0.768. The number of hydrogen-bond donors (Lipinski definition) is 0. The van der Waals surface area contributed by atoms with Crippen LogP contribution in [0.15, 0.2) is 44.3 Å². The molecular weight excluding hydrogens is 396 g/mol. The van der Waals surface area contributed by atoms with Crippen LogP contribution in [0.5, 0.6) is 0 Å². The van der Waals surface area contributed by atoms with Gasteiger partial charge in [0, 0.05) is 17.5 Å². The van der Waals surface area contributed by atoms with Crippen molar-refractivity contribution in [2.75, 3.05) is 6.54 Å². The van der Waals surface area contributed by atoms with E-state index in [0.29, 0.717) is 24.8 Å². The van der Waals surface area contributed by atoms with Crippen molar-refractivity contribution in [1.29, 1.82) is 0 Å². The molecule has 0 N–H and O–H groups in total. The van der Waals surface area contributed by atoms with Gasteiger partial charge in [0.2, 0.25) is 21.8 Å². The number of nitrogens with zero attached hydrogens (tertiary/aromatic N) is 3. The summed E-state index contributed by atoms with van der Waals surface area (Å²) >= 11 is 1.48. The van der Waals surface area contributed by atoms with Crippen LogP contribution in [0, 0.1) is 11.6 Å². The van der Waals surface area contributed by atoms with Gasteiger partial charge >= 0.3 is 0 Å². The Morgan fingerprint density at radius 1 is 1.15 bits per heavy atom. The Labute approximate surface area is 158 Å². The molecule has 3 aromatic rings. The van der Waals surface area contributed by atoms with Gasteiger partial charge in [0.15, 0.2) is 11.6 Å². The maximum Gasteiger partial charge on any atom is 0.248 e. The van der Waals surface area contributed by atoms with Crippen LogP contribution in [-0.2, 0) is 10.0 Å². The topological polar surface area (TPSA) is 76.3 Å². The third kappa shape index (κ3) is 3.40. The Bertz CT molecular complexity index is 1050. The van der Waals surface area contributed by atoms with Crippen LogP contribution in [0.4, 0.5) is 8.78 Å². The maximum absolute atomic E-state index is 13.6. The van der Waals surface area contributed by atoms with E-state index in [4.69, 9.17) is 4.42 Å². The van der Waals surface area contributed by atoms with Crippen LogP contribution in [-0.4, -0.2) is 29.5 Å². The summed E-state index contributed by atoms with van der Waals surface area (Å²) in [6.45, 7) is 0.238. The number of aromatic nitrogens is 2. The number of benzene rings is 1. The molecule has 0 unspecified atom stereocenters. The lowest BCUT2D eigenvalue weighted by molar-refractivity contribution is 0.220. The van der Waals surface area contributed by atoms with Crippen molar-refractivity contribution in [3.05, 3.63) is 52.6 Å². The normalized spacial score (nSPS) is 18.7. The summed E-state index contributed by atoms with van der Waals surface area (Å²) in [4.78, 5) is -0.300. The number of piperidine rings is 1. The van der Waals surface area contributed by atoms with Crippen LogP contribution in [0.1, 0.15) is 31.2 Å². The SMILES string of the molecule is O=S(=O)(c1ccc(F)c(F)c1)N1CCCC[C@@H]1c1nnc(-c2ccsc2)o1. The van der Waals surface area contributed by atoms with Crippen LogP contribution >= 0.6 is 11.3 Å². The van der Waals surface area contributed by atoms with Crippen molar-refractivity contribution in [2.24, 2.45) is 0 Å². The third-order valence-corrected chi connectivity index (χ3v) is 7.03. The molecule has 1 aromatic carbocycles. The quantitative estimate of drug-likeness (QED) is 0.649. The molecule has 4 rings (SSSR count). The molecule has 1 atom stereocenters. The van der Waals surface area contributed by atoms with E-state index in [1.807, 2.05) is 16.8 Å². The Morgan fingerprint density at radius 3 is 2.74 bits per heavy atom. The highest BCUT2D eigenvalue weighted by Gasteiger charge is 2.37. The van der Waals surface area contributed by atoms with Gasteiger partial charge in [-0.05, 0) is 42.5 Å². The molecule has 0 aliphatic carbocycles. The molecular formula is C17H15F2N3O3S2. The second-order valence-electron chi connectivity index (χ2n) is 6.16. The lowest BCUT2D eigenvalue weighted by atomic mass is 10.1. The van der Waals surface area contributed by atoms with Crippen LogP contribution in [0.2, 0.25) is 0 Å². The van der Waals surface area contributed by atoms with Crippen molar-refractivity contribution in [3.63, 3.8) is 0 Å². The number of halogens is 2. The zero-order valence-electron chi connectivity index (χ0n) is 14.0. The van der Waals surface area contributed by atoms with E-state index < -0.39 is 27.7 Å². The van der Waals surface area contributed by atoms with Gasteiger partial charge in [0.25, 0.3) is 0 Å². The van der Waals surface area contributed by atoms with Crippen molar-refractivity contribution in [1.82, 2.24) is 14.5 Å². The van der Waals surface area contributed by atoms with E-state index in [-0.39, 0.29) is 17.3 Å². The minimum Gasteiger partial charge on any atom is -0.419 e. The van der Waals surface area contributed by atoms with Gasteiger partial charge in [0.1, 0.15) is 6.04 Å². The van der Waals surface area contributed by atoms with Crippen molar-refractivity contribution >= 4 is 21.4 Å². The lowest BCUT2D eigenvalue weighted by Gasteiger charge is -2.32. The third-order valence-electron chi connectivity index (χ3n) is 4.45. The zero-order valence-corrected chi connectivity index (χ0v) is 15.6. The summed E-state index contributed by atoms with van der Waals surface area (Å²) in [5.74, 6) is -1.78. The molecule has 2 aromatic heterocycles.